The fraction of sp³-hybridized carbons (Fsp3) is 0.0526. The number of hydrogen-bond donors (Lipinski definition) is 1. The molecular weight excluding hydrogens is 260 g/mol. The molecule has 0 aliphatic rings. The lowest BCUT2D eigenvalue weighted by molar-refractivity contribution is 0.324. The number of hydrogen-bond acceptors (Lipinski definition) is 1. The Bertz CT molecular complexity index is 682. The summed E-state index contributed by atoms with van der Waals surface area (Å²) in [6.07, 6.45) is 0. The van der Waals surface area contributed by atoms with Crippen LogP contribution in [-0.2, 0) is 5.11 Å². The summed E-state index contributed by atoms with van der Waals surface area (Å²) < 4.78 is 0. The maximum absolute atomic E-state index is 11.4. The maximum atomic E-state index is 11.4. The van der Waals surface area contributed by atoms with Gasteiger partial charge in [0, 0.05) is 5.92 Å². The molecule has 0 aromatic heterocycles. The molecule has 2 nitrogen and oxygen atoms in total. The zero-order chi connectivity index (χ0) is 14.7. The Balaban J connectivity index is 2.14. The van der Waals surface area contributed by atoms with Crippen molar-refractivity contribution in [3.05, 3.63) is 95.6 Å². The van der Waals surface area contributed by atoms with E-state index in [-0.39, 0.29) is 17.4 Å². The molecule has 103 valence electrons. The Morgan fingerprint density at radius 3 is 1.67 bits per heavy atom. The van der Waals surface area contributed by atoms with Crippen LogP contribution in [0.25, 0.3) is 0 Å². The molecule has 0 spiro atoms. The summed E-state index contributed by atoms with van der Waals surface area (Å²) in [5.41, 5.74) is 3.16. The van der Waals surface area contributed by atoms with E-state index < -0.39 is 0 Å². The van der Waals surface area contributed by atoms with Gasteiger partial charge in [0.15, 0.2) is 5.75 Å². The van der Waals surface area contributed by atoms with Crippen molar-refractivity contribution in [3.63, 3.8) is 0 Å². The van der Waals surface area contributed by atoms with Crippen LogP contribution in [0.2, 0.25) is 0 Å². The van der Waals surface area contributed by atoms with Crippen LogP contribution in [0.4, 0.5) is 0 Å². The van der Waals surface area contributed by atoms with Crippen molar-refractivity contribution in [1.82, 2.24) is 0 Å². The third kappa shape index (κ3) is 2.75. The number of rotatable bonds is 3. The summed E-state index contributed by atoms with van der Waals surface area (Å²) >= 11 is 0. The number of phenolic OH excluding ortho intramolecular Hbond substituents is 1. The molecule has 3 aromatic rings. The van der Waals surface area contributed by atoms with E-state index in [2.05, 4.69) is 24.3 Å². The molecule has 0 saturated heterocycles. The van der Waals surface area contributed by atoms with Gasteiger partial charge in [0.1, 0.15) is 0 Å². The van der Waals surface area contributed by atoms with Crippen molar-refractivity contribution in [3.8, 4) is 11.5 Å². The smallest absolute Gasteiger partial charge is 0.220 e. The van der Waals surface area contributed by atoms with Gasteiger partial charge < -0.3 is 5.11 Å². The van der Waals surface area contributed by atoms with Gasteiger partial charge in [0.25, 0.3) is 0 Å². The van der Waals surface area contributed by atoms with E-state index in [0.717, 1.165) is 16.7 Å². The van der Waals surface area contributed by atoms with Crippen molar-refractivity contribution in [2.45, 2.75) is 5.92 Å². The average Bonchev–Trinajstić information content (AvgIpc) is 2.53. The Hall–Kier alpha value is -2.74. The van der Waals surface area contributed by atoms with Crippen molar-refractivity contribution >= 4 is 0 Å². The minimum atomic E-state index is -0.348. The third-order valence-corrected chi connectivity index (χ3v) is 3.58. The molecule has 2 heteroatoms. The Kier molecular flexibility index (Phi) is 3.61. The van der Waals surface area contributed by atoms with Gasteiger partial charge in [0.05, 0.1) is 0 Å². The van der Waals surface area contributed by atoms with Gasteiger partial charge in [-0.05, 0) is 28.8 Å². The highest BCUT2D eigenvalue weighted by molar-refractivity contribution is 5.48. The number of phenols is 1. The molecule has 1 N–H and O–H groups in total. The van der Waals surface area contributed by atoms with Crippen molar-refractivity contribution in [1.29, 1.82) is 0 Å². The van der Waals surface area contributed by atoms with Crippen molar-refractivity contribution in [2.24, 2.45) is 0 Å². The SMILES string of the molecule is [O]c1ccc(C(c2ccccc2)c2ccccc2)cc1O. The Labute approximate surface area is 123 Å². The maximum Gasteiger partial charge on any atom is 0.220 e. The summed E-state index contributed by atoms with van der Waals surface area (Å²) in [6, 6.07) is 24.9. The van der Waals surface area contributed by atoms with Gasteiger partial charge in [-0.3, -0.25) is 5.11 Å². The fourth-order valence-electron chi connectivity index (χ4n) is 2.58. The summed E-state index contributed by atoms with van der Waals surface area (Å²) in [5.74, 6) is -0.554. The predicted molar refractivity (Wildman–Crippen MR) is 82.1 cm³/mol. The third-order valence-electron chi connectivity index (χ3n) is 3.58. The minimum Gasteiger partial charge on any atom is -0.504 e. The minimum absolute atomic E-state index is 0.00102. The lowest BCUT2D eigenvalue weighted by Crippen LogP contribution is -2.02. The summed E-state index contributed by atoms with van der Waals surface area (Å²) in [6.45, 7) is 0. The van der Waals surface area contributed by atoms with E-state index in [1.165, 1.54) is 6.07 Å². The molecule has 0 aliphatic carbocycles. The zero-order valence-corrected chi connectivity index (χ0v) is 11.4. The highest BCUT2D eigenvalue weighted by Crippen LogP contribution is 2.36. The molecule has 3 rings (SSSR count). The quantitative estimate of drug-likeness (QED) is 0.690. The van der Waals surface area contributed by atoms with Crippen LogP contribution in [0, 0.1) is 0 Å². The summed E-state index contributed by atoms with van der Waals surface area (Å²) in [5, 5.41) is 21.1. The highest BCUT2D eigenvalue weighted by Gasteiger charge is 2.17. The molecule has 0 bridgehead atoms. The molecule has 0 aliphatic heterocycles. The molecule has 0 amide bonds. The van der Waals surface area contributed by atoms with E-state index in [0.29, 0.717) is 0 Å². The summed E-state index contributed by atoms with van der Waals surface area (Å²) in [7, 11) is 0. The van der Waals surface area contributed by atoms with E-state index in [9.17, 15) is 10.2 Å². The van der Waals surface area contributed by atoms with Crippen LogP contribution in [0.3, 0.4) is 0 Å². The second-order valence-corrected chi connectivity index (χ2v) is 4.98. The molecule has 0 heterocycles. The first-order valence-corrected chi connectivity index (χ1v) is 6.85. The molecular formula is C19H15O2. The first kappa shape index (κ1) is 13.3. The van der Waals surface area contributed by atoms with Gasteiger partial charge in [-0.1, -0.05) is 66.7 Å². The van der Waals surface area contributed by atoms with Crippen molar-refractivity contribution in [2.75, 3.05) is 0 Å². The van der Waals surface area contributed by atoms with E-state index in [1.54, 1.807) is 12.1 Å². The standard InChI is InChI=1S/C19H15O2/c20-17-12-11-16(13-18(17)21)19(14-7-3-1-4-8-14)15-9-5-2-6-10-15/h1-13,19,21H. The zero-order valence-electron chi connectivity index (χ0n) is 11.4. The normalized spacial score (nSPS) is 10.7. The molecule has 0 unspecified atom stereocenters. The van der Waals surface area contributed by atoms with Crippen LogP contribution in [0.15, 0.2) is 78.9 Å². The average molecular weight is 275 g/mol. The van der Waals surface area contributed by atoms with Crippen LogP contribution < -0.4 is 0 Å². The van der Waals surface area contributed by atoms with Crippen LogP contribution in [0.1, 0.15) is 22.6 Å². The highest BCUT2D eigenvalue weighted by atomic mass is 16.3. The fourth-order valence-corrected chi connectivity index (χ4v) is 2.58. The summed E-state index contributed by atoms with van der Waals surface area (Å²) in [4.78, 5) is 0. The topological polar surface area (TPSA) is 40.1 Å². The van der Waals surface area contributed by atoms with Gasteiger partial charge >= 0.3 is 0 Å². The predicted octanol–water partition coefficient (Wildman–Crippen LogP) is 4.72. The van der Waals surface area contributed by atoms with Gasteiger partial charge in [-0.15, -0.1) is 0 Å². The van der Waals surface area contributed by atoms with E-state index in [1.807, 2.05) is 36.4 Å². The van der Waals surface area contributed by atoms with Gasteiger partial charge in [0.2, 0.25) is 5.75 Å². The molecule has 1 radical (unpaired) electrons. The molecule has 0 saturated carbocycles. The van der Waals surface area contributed by atoms with Crippen LogP contribution in [-0.4, -0.2) is 5.11 Å². The number of aromatic hydroxyl groups is 1. The van der Waals surface area contributed by atoms with E-state index in [4.69, 9.17) is 0 Å². The lowest BCUT2D eigenvalue weighted by atomic mass is 9.85. The molecule has 0 atom stereocenters. The monoisotopic (exact) mass is 275 g/mol. The number of benzene rings is 3. The Morgan fingerprint density at radius 2 is 1.19 bits per heavy atom. The first-order valence-electron chi connectivity index (χ1n) is 6.85. The van der Waals surface area contributed by atoms with E-state index >= 15 is 0 Å². The second kappa shape index (κ2) is 5.71. The van der Waals surface area contributed by atoms with Crippen molar-refractivity contribution < 1.29 is 10.2 Å². The lowest BCUT2D eigenvalue weighted by Gasteiger charge is -2.19. The molecule has 3 aromatic carbocycles. The molecule has 21 heavy (non-hydrogen) atoms. The largest absolute Gasteiger partial charge is 0.504 e. The van der Waals surface area contributed by atoms with Crippen LogP contribution in [0.5, 0.6) is 11.5 Å². The van der Waals surface area contributed by atoms with Gasteiger partial charge in [-0.25, -0.2) is 0 Å². The second-order valence-electron chi connectivity index (χ2n) is 4.98. The van der Waals surface area contributed by atoms with Crippen LogP contribution >= 0.6 is 0 Å². The molecule has 0 fully saturated rings. The van der Waals surface area contributed by atoms with Gasteiger partial charge in [-0.2, -0.15) is 0 Å². The first-order chi connectivity index (χ1) is 10.3. The Morgan fingerprint density at radius 1 is 0.667 bits per heavy atom.